The molecular formula is C21H30O3. The monoisotopic (exact) mass is 330 g/mol. The highest BCUT2D eigenvalue weighted by Crippen LogP contribution is 2.67. The number of Topliss-reactive ketones (excluding diaryl/α,β-unsaturated/α-hetero) is 1. The van der Waals surface area contributed by atoms with E-state index in [9.17, 15) is 15.0 Å². The summed E-state index contributed by atoms with van der Waals surface area (Å²) in [5.74, 6) is 4.36. The molecule has 0 spiro atoms. The fourth-order valence-corrected chi connectivity index (χ4v) is 7.27. The molecule has 132 valence electrons. The number of rotatable bonds is 0. The summed E-state index contributed by atoms with van der Waals surface area (Å²) in [6.45, 7) is 4.50. The van der Waals surface area contributed by atoms with E-state index in [-0.39, 0.29) is 22.9 Å². The van der Waals surface area contributed by atoms with Gasteiger partial charge < -0.3 is 10.2 Å². The Hall–Kier alpha value is -0.850. The van der Waals surface area contributed by atoms with E-state index < -0.39 is 5.60 Å². The molecule has 0 heterocycles. The zero-order valence-corrected chi connectivity index (χ0v) is 14.9. The Morgan fingerprint density at radius 3 is 2.58 bits per heavy atom. The smallest absolute Gasteiger partial charge is 0.133 e. The number of aliphatic hydroxyl groups excluding tert-OH is 1. The maximum absolute atomic E-state index is 11.9. The van der Waals surface area contributed by atoms with Crippen LogP contribution < -0.4 is 0 Å². The zero-order valence-electron chi connectivity index (χ0n) is 14.9. The molecule has 3 unspecified atom stereocenters. The molecular weight excluding hydrogens is 300 g/mol. The van der Waals surface area contributed by atoms with Crippen molar-refractivity contribution in [2.24, 2.45) is 34.5 Å². The minimum absolute atomic E-state index is 0.163. The van der Waals surface area contributed by atoms with E-state index in [1.807, 2.05) is 0 Å². The van der Waals surface area contributed by atoms with E-state index >= 15 is 0 Å². The molecule has 0 aromatic rings. The molecule has 4 fully saturated rings. The molecule has 3 nitrogen and oxygen atoms in total. The van der Waals surface area contributed by atoms with E-state index in [1.54, 1.807) is 0 Å². The van der Waals surface area contributed by atoms with Crippen molar-refractivity contribution in [2.45, 2.75) is 76.9 Å². The van der Waals surface area contributed by atoms with Crippen molar-refractivity contribution >= 4 is 5.78 Å². The van der Waals surface area contributed by atoms with Crippen molar-refractivity contribution in [2.75, 3.05) is 0 Å². The molecule has 24 heavy (non-hydrogen) atoms. The lowest BCUT2D eigenvalue weighted by atomic mass is 9.44. The van der Waals surface area contributed by atoms with Gasteiger partial charge in [0.1, 0.15) is 11.4 Å². The third kappa shape index (κ3) is 1.90. The average Bonchev–Trinajstić information content (AvgIpc) is 2.82. The van der Waals surface area contributed by atoms with Crippen molar-refractivity contribution in [1.82, 2.24) is 0 Å². The molecule has 0 saturated heterocycles. The Morgan fingerprint density at radius 2 is 1.88 bits per heavy atom. The predicted molar refractivity (Wildman–Crippen MR) is 91.9 cm³/mol. The summed E-state index contributed by atoms with van der Waals surface area (Å²) in [5.41, 5.74) is -1.14. The van der Waals surface area contributed by atoms with E-state index in [1.165, 1.54) is 0 Å². The van der Waals surface area contributed by atoms with Gasteiger partial charge in [0.2, 0.25) is 0 Å². The van der Waals surface area contributed by atoms with Crippen LogP contribution in [0.2, 0.25) is 0 Å². The van der Waals surface area contributed by atoms with Crippen LogP contribution in [0.25, 0.3) is 0 Å². The van der Waals surface area contributed by atoms with Crippen LogP contribution in [0.3, 0.4) is 0 Å². The maximum Gasteiger partial charge on any atom is 0.133 e. The summed E-state index contributed by atoms with van der Waals surface area (Å²) in [6, 6.07) is 0. The molecule has 0 aromatic carbocycles. The summed E-state index contributed by atoms with van der Waals surface area (Å²) >= 11 is 0. The van der Waals surface area contributed by atoms with E-state index in [0.29, 0.717) is 42.8 Å². The molecule has 0 aromatic heterocycles. The number of terminal acetylenes is 1. The van der Waals surface area contributed by atoms with Gasteiger partial charge in [0.15, 0.2) is 0 Å². The zero-order chi connectivity index (χ0) is 17.3. The molecule has 4 aliphatic rings. The third-order valence-corrected chi connectivity index (χ3v) is 8.89. The number of fused-ring (bicyclic) bond motifs is 5. The number of carbonyl (C=O) groups is 1. The molecule has 4 aliphatic carbocycles. The number of carbonyl (C=O) groups excluding carboxylic acids is 1. The number of ketones is 1. The molecule has 0 aliphatic heterocycles. The first-order valence-electron chi connectivity index (χ1n) is 9.65. The first-order chi connectivity index (χ1) is 11.2. The average molecular weight is 330 g/mol. The van der Waals surface area contributed by atoms with Gasteiger partial charge in [-0.2, -0.15) is 0 Å². The van der Waals surface area contributed by atoms with Crippen LogP contribution in [0.5, 0.6) is 0 Å². The normalized spacial score (nSPS) is 56.8. The molecule has 2 N–H and O–H groups in total. The van der Waals surface area contributed by atoms with Crippen molar-refractivity contribution < 1.29 is 15.0 Å². The Labute approximate surface area is 145 Å². The highest BCUT2D eigenvalue weighted by Gasteiger charge is 2.66. The summed E-state index contributed by atoms with van der Waals surface area (Å²) in [4.78, 5) is 11.9. The summed E-state index contributed by atoms with van der Waals surface area (Å²) in [6.07, 6.45) is 11.9. The predicted octanol–water partition coefficient (Wildman–Crippen LogP) is 2.93. The van der Waals surface area contributed by atoms with Crippen molar-refractivity contribution in [3.05, 3.63) is 0 Å². The number of hydrogen-bond acceptors (Lipinski definition) is 3. The van der Waals surface area contributed by atoms with Crippen LogP contribution in [0.15, 0.2) is 0 Å². The van der Waals surface area contributed by atoms with Crippen molar-refractivity contribution in [1.29, 1.82) is 0 Å². The SMILES string of the molecule is C#CC1(O)CC[C@H]2[C@@H]3C(O)CC4CC(=O)CC[C@]4(C)[C@@H]3CC[C@@]21C. The van der Waals surface area contributed by atoms with Crippen LogP contribution >= 0.6 is 0 Å². The van der Waals surface area contributed by atoms with E-state index in [0.717, 1.165) is 32.1 Å². The molecule has 4 saturated carbocycles. The van der Waals surface area contributed by atoms with Crippen LogP contribution in [-0.2, 0) is 4.79 Å². The first kappa shape index (κ1) is 16.6. The number of aliphatic hydroxyl groups is 2. The minimum atomic E-state index is -1.03. The molecule has 0 radical (unpaired) electrons. The lowest BCUT2D eigenvalue weighted by Gasteiger charge is -2.61. The quantitative estimate of drug-likeness (QED) is 0.672. The third-order valence-electron chi connectivity index (χ3n) is 8.89. The van der Waals surface area contributed by atoms with Gasteiger partial charge in [-0.05, 0) is 67.6 Å². The number of hydrogen-bond donors (Lipinski definition) is 2. The maximum atomic E-state index is 11.9. The standard InChI is InChI=1S/C21H30O3/c1-4-21(24)10-7-16-18-15(6-9-20(16,21)3)19(2)8-5-14(22)11-13(19)12-17(18)23/h1,13,15-18,23-24H,5-12H2,2-3H3/t13?,15-,16+,17?,18-,19+,20+,21?/m1/s1. The Bertz CT molecular complexity index is 607. The second-order valence-corrected chi connectivity index (χ2v) is 9.54. The Balaban J connectivity index is 1.71. The van der Waals surface area contributed by atoms with Gasteiger partial charge >= 0.3 is 0 Å². The molecule has 0 bridgehead atoms. The van der Waals surface area contributed by atoms with Gasteiger partial charge in [0.05, 0.1) is 6.10 Å². The molecule has 3 heteroatoms. The fourth-order valence-electron chi connectivity index (χ4n) is 7.27. The highest BCUT2D eigenvalue weighted by atomic mass is 16.3. The summed E-state index contributed by atoms with van der Waals surface area (Å²) < 4.78 is 0. The second kappa shape index (κ2) is 5.08. The van der Waals surface area contributed by atoms with Gasteiger partial charge in [-0.15, -0.1) is 6.42 Å². The summed E-state index contributed by atoms with van der Waals surface area (Å²) in [7, 11) is 0. The van der Waals surface area contributed by atoms with Gasteiger partial charge in [-0.3, -0.25) is 4.79 Å². The molecule has 8 atom stereocenters. The van der Waals surface area contributed by atoms with Crippen molar-refractivity contribution in [3.63, 3.8) is 0 Å². The van der Waals surface area contributed by atoms with Gasteiger partial charge in [-0.1, -0.05) is 19.8 Å². The first-order valence-corrected chi connectivity index (χ1v) is 9.65. The van der Waals surface area contributed by atoms with E-state index in [4.69, 9.17) is 6.42 Å². The topological polar surface area (TPSA) is 57.5 Å². The molecule has 4 rings (SSSR count). The summed E-state index contributed by atoms with van der Waals surface area (Å²) in [5, 5.41) is 22.0. The lowest BCUT2D eigenvalue weighted by Crippen LogP contribution is -2.60. The van der Waals surface area contributed by atoms with Crippen LogP contribution in [0.4, 0.5) is 0 Å². The van der Waals surface area contributed by atoms with Gasteiger partial charge in [0.25, 0.3) is 0 Å². The highest BCUT2D eigenvalue weighted by molar-refractivity contribution is 5.79. The molecule has 0 amide bonds. The van der Waals surface area contributed by atoms with Crippen molar-refractivity contribution in [3.8, 4) is 12.3 Å². The second-order valence-electron chi connectivity index (χ2n) is 9.54. The minimum Gasteiger partial charge on any atom is -0.393 e. The van der Waals surface area contributed by atoms with E-state index in [2.05, 4.69) is 19.8 Å². The van der Waals surface area contributed by atoms with Gasteiger partial charge in [0, 0.05) is 18.3 Å². The largest absolute Gasteiger partial charge is 0.393 e. The lowest BCUT2D eigenvalue weighted by molar-refractivity contribution is -0.177. The Kier molecular flexibility index (Phi) is 3.52. The Morgan fingerprint density at radius 1 is 1.17 bits per heavy atom. The van der Waals surface area contributed by atoms with Gasteiger partial charge in [-0.25, -0.2) is 0 Å². The van der Waals surface area contributed by atoms with Crippen LogP contribution in [0, 0.1) is 46.8 Å². The fraction of sp³-hybridized carbons (Fsp3) is 0.857. The van der Waals surface area contributed by atoms with Crippen LogP contribution in [-0.4, -0.2) is 27.7 Å². The van der Waals surface area contributed by atoms with Crippen LogP contribution in [0.1, 0.15) is 65.2 Å².